The van der Waals surface area contributed by atoms with E-state index in [1.807, 2.05) is 0 Å². The predicted octanol–water partition coefficient (Wildman–Crippen LogP) is 4.57. The van der Waals surface area contributed by atoms with Gasteiger partial charge in [0.15, 0.2) is 5.69 Å². The fourth-order valence-electron chi connectivity index (χ4n) is 3.83. The maximum atomic E-state index is 14.1. The Labute approximate surface area is 222 Å². The molecule has 210 valence electrons. The second-order valence-electron chi connectivity index (χ2n) is 8.53. The van der Waals surface area contributed by atoms with Gasteiger partial charge in [0.2, 0.25) is 17.9 Å². The summed E-state index contributed by atoms with van der Waals surface area (Å²) in [6.07, 6.45) is -13.2. The normalized spacial score (nSPS) is 13.6. The van der Waals surface area contributed by atoms with Crippen molar-refractivity contribution in [2.75, 3.05) is 5.73 Å². The number of carboxylic acid groups (broad SMARTS) is 1. The number of ether oxygens (including phenoxy) is 1. The number of para-hydroxylation sites is 1. The van der Waals surface area contributed by atoms with E-state index in [9.17, 15) is 31.1 Å². The molecule has 1 unspecified atom stereocenters. The van der Waals surface area contributed by atoms with E-state index in [1.54, 1.807) is 0 Å². The van der Waals surface area contributed by atoms with Crippen molar-refractivity contribution >= 4 is 11.9 Å². The van der Waals surface area contributed by atoms with Gasteiger partial charge in [0.05, 0.1) is 23.1 Å². The van der Waals surface area contributed by atoms with Crippen LogP contribution in [0.25, 0.3) is 16.9 Å². The fourth-order valence-corrected chi connectivity index (χ4v) is 3.83. The summed E-state index contributed by atoms with van der Waals surface area (Å²) < 4.78 is 89.9. The SMILES string of the molecule is Nc1nc(OC(c2cnn(-c3ccccc3)c2C(F)(F)F)C(F)(F)F)cc(-c2ccc(C[C@H](N)C(=O)O)cc2)n1. The van der Waals surface area contributed by atoms with Gasteiger partial charge < -0.3 is 21.3 Å². The maximum absolute atomic E-state index is 14.1. The first-order chi connectivity index (χ1) is 18.7. The molecule has 9 nitrogen and oxygen atoms in total. The highest BCUT2D eigenvalue weighted by atomic mass is 19.4. The van der Waals surface area contributed by atoms with Gasteiger partial charge in [-0.3, -0.25) is 4.79 Å². The van der Waals surface area contributed by atoms with Crippen LogP contribution < -0.4 is 16.2 Å². The number of aliphatic carboxylic acids is 1. The fraction of sp³-hybridized carbons (Fsp3) is 0.200. The van der Waals surface area contributed by atoms with Crippen molar-refractivity contribution in [1.82, 2.24) is 19.7 Å². The largest absolute Gasteiger partial charge is 0.480 e. The highest BCUT2D eigenvalue weighted by Crippen LogP contribution is 2.43. The molecule has 0 bridgehead atoms. The lowest BCUT2D eigenvalue weighted by molar-refractivity contribution is -0.201. The standard InChI is InChI=1S/C25H20F6N6O3/c26-24(27,28)20-16(12-34-37(20)15-4-2-1-3-5-15)21(25(29,30)31)40-19-11-18(35-23(33)36-19)14-8-6-13(7-9-14)10-17(32)22(38)39/h1-9,11-12,17,21H,10,32H2,(H,38,39)(H2,33,35,36)/t17-,21?/m0/s1. The Balaban J connectivity index is 1.71. The van der Waals surface area contributed by atoms with E-state index in [0.717, 1.165) is 6.07 Å². The van der Waals surface area contributed by atoms with Crippen molar-refractivity contribution in [1.29, 1.82) is 0 Å². The molecule has 40 heavy (non-hydrogen) atoms. The molecule has 0 radical (unpaired) electrons. The van der Waals surface area contributed by atoms with E-state index < -0.39 is 53.6 Å². The molecule has 0 amide bonds. The van der Waals surface area contributed by atoms with Crippen LogP contribution in [0.15, 0.2) is 66.9 Å². The molecule has 0 saturated carbocycles. The zero-order valence-corrected chi connectivity index (χ0v) is 20.2. The van der Waals surface area contributed by atoms with Crippen LogP contribution in [0.1, 0.15) is 22.9 Å². The molecule has 0 aliphatic heterocycles. The lowest BCUT2D eigenvalue weighted by atomic mass is 10.0. The number of benzene rings is 2. The summed E-state index contributed by atoms with van der Waals surface area (Å²) in [5.74, 6) is -2.43. The second kappa shape index (κ2) is 10.8. The van der Waals surface area contributed by atoms with Crippen LogP contribution in [0.5, 0.6) is 5.88 Å². The highest BCUT2D eigenvalue weighted by Gasteiger charge is 2.50. The Kier molecular flexibility index (Phi) is 7.68. The van der Waals surface area contributed by atoms with Gasteiger partial charge >= 0.3 is 18.3 Å². The lowest BCUT2D eigenvalue weighted by Gasteiger charge is -2.23. The van der Waals surface area contributed by atoms with Crippen molar-refractivity contribution in [2.45, 2.75) is 30.9 Å². The van der Waals surface area contributed by atoms with Gasteiger partial charge in [-0.25, -0.2) is 9.67 Å². The number of hydrogen-bond donors (Lipinski definition) is 3. The van der Waals surface area contributed by atoms with Crippen LogP contribution in [-0.4, -0.2) is 43.0 Å². The molecule has 15 heteroatoms. The molecule has 0 saturated heterocycles. The molecule has 0 spiro atoms. The van der Waals surface area contributed by atoms with Crippen LogP contribution in [0.4, 0.5) is 32.3 Å². The summed E-state index contributed by atoms with van der Waals surface area (Å²) in [5, 5.41) is 12.5. The average molecular weight is 566 g/mol. The molecule has 2 atom stereocenters. The summed E-state index contributed by atoms with van der Waals surface area (Å²) in [6, 6.07) is 12.7. The highest BCUT2D eigenvalue weighted by molar-refractivity contribution is 5.73. The van der Waals surface area contributed by atoms with Gasteiger partial charge in [0.1, 0.15) is 6.04 Å². The molecule has 2 aromatic heterocycles. The van der Waals surface area contributed by atoms with Gasteiger partial charge in [0, 0.05) is 11.6 Å². The third-order valence-electron chi connectivity index (χ3n) is 5.63. The molecule has 0 aliphatic carbocycles. The molecular formula is C25H20F6N6O3. The molecule has 4 aromatic rings. The number of alkyl halides is 6. The van der Waals surface area contributed by atoms with Crippen molar-refractivity contribution in [3.63, 3.8) is 0 Å². The van der Waals surface area contributed by atoms with E-state index in [2.05, 4.69) is 15.1 Å². The summed E-state index contributed by atoms with van der Waals surface area (Å²) in [4.78, 5) is 18.5. The van der Waals surface area contributed by atoms with Crippen LogP contribution in [0.3, 0.4) is 0 Å². The van der Waals surface area contributed by atoms with E-state index >= 15 is 0 Å². The van der Waals surface area contributed by atoms with Crippen molar-refractivity contribution in [2.24, 2.45) is 5.73 Å². The Morgan fingerprint density at radius 1 is 1.00 bits per heavy atom. The average Bonchev–Trinajstić information content (AvgIpc) is 3.33. The number of nitrogen functional groups attached to an aromatic ring is 1. The lowest BCUT2D eigenvalue weighted by Crippen LogP contribution is -2.32. The first kappa shape index (κ1) is 28.4. The van der Waals surface area contributed by atoms with Crippen LogP contribution in [-0.2, 0) is 17.4 Å². The van der Waals surface area contributed by atoms with Gasteiger partial charge in [-0.1, -0.05) is 42.5 Å². The predicted molar refractivity (Wildman–Crippen MR) is 129 cm³/mol. The summed E-state index contributed by atoms with van der Waals surface area (Å²) >= 11 is 0. The van der Waals surface area contributed by atoms with E-state index in [-0.39, 0.29) is 17.8 Å². The monoisotopic (exact) mass is 566 g/mol. The number of carbonyl (C=O) groups is 1. The van der Waals surface area contributed by atoms with Gasteiger partial charge in [0.25, 0.3) is 0 Å². The van der Waals surface area contributed by atoms with Gasteiger partial charge in [-0.2, -0.15) is 36.4 Å². The van der Waals surface area contributed by atoms with Crippen LogP contribution in [0, 0.1) is 0 Å². The topological polar surface area (TPSA) is 142 Å². The van der Waals surface area contributed by atoms with Crippen LogP contribution >= 0.6 is 0 Å². The van der Waals surface area contributed by atoms with E-state index in [0.29, 0.717) is 22.0 Å². The Morgan fingerprint density at radius 3 is 2.23 bits per heavy atom. The van der Waals surface area contributed by atoms with E-state index in [4.69, 9.17) is 21.3 Å². The molecule has 5 N–H and O–H groups in total. The molecule has 0 aliphatic rings. The molecule has 2 heterocycles. The number of nitrogens with two attached hydrogens (primary N) is 2. The second-order valence-corrected chi connectivity index (χ2v) is 8.53. The number of carboxylic acids is 1. The summed E-state index contributed by atoms with van der Waals surface area (Å²) in [6.45, 7) is 0. The number of anilines is 1. The third kappa shape index (κ3) is 6.31. The minimum absolute atomic E-state index is 0.00790. The number of aromatic nitrogens is 4. The summed E-state index contributed by atoms with van der Waals surface area (Å²) in [7, 11) is 0. The Morgan fingerprint density at radius 2 is 1.65 bits per heavy atom. The molecule has 2 aromatic carbocycles. The maximum Gasteiger partial charge on any atom is 0.433 e. The molecule has 0 fully saturated rings. The van der Waals surface area contributed by atoms with Gasteiger partial charge in [-0.15, -0.1) is 0 Å². The third-order valence-corrected chi connectivity index (χ3v) is 5.63. The zero-order chi connectivity index (χ0) is 29.2. The minimum Gasteiger partial charge on any atom is -0.480 e. The minimum atomic E-state index is -5.31. The number of halogens is 6. The van der Waals surface area contributed by atoms with Crippen molar-refractivity contribution in [3.05, 3.63) is 83.7 Å². The number of nitrogens with zero attached hydrogens (tertiary/aromatic N) is 4. The number of hydrogen-bond acceptors (Lipinski definition) is 7. The van der Waals surface area contributed by atoms with Crippen LogP contribution in [0.2, 0.25) is 0 Å². The Hall–Kier alpha value is -4.66. The first-order valence-corrected chi connectivity index (χ1v) is 11.4. The van der Waals surface area contributed by atoms with Crippen molar-refractivity contribution in [3.8, 4) is 22.8 Å². The summed E-state index contributed by atoms with van der Waals surface area (Å²) in [5.41, 5.74) is 9.04. The quantitative estimate of drug-likeness (QED) is 0.264. The Bertz CT molecular complexity index is 1490. The number of rotatable bonds is 8. The molecular weight excluding hydrogens is 546 g/mol. The van der Waals surface area contributed by atoms with E-state index in [1.165, 1.54) is 54.6 Å². The first-order valence-electron chi connectivity index (χ1n) is 11.4. The molecule has 4 rings (SSSR count). The van der Waals surface area contributed by atoms with Crippen molar-refractivity contribution < 1.29 is 41.0 Å². The van der Waals surface area contributed by atoms with Gasteiger partial charge in [-0.05, 0) is 24.1 Å². The zero-order valence-electron chi connectivity index (χ0n) is 20.2. The smallest absolute Gasteiger partial charge is 0.433 e.